The number of amides is 1. The van der Waals surface area contributed by atoms with Gasteiger partial charge in [-0.3, -0.25) is 9.48 Å². The number of rotatable bonds is 13. The Balaban J connectivity index is 1.77. The molecule has 1 atom stereocenters. The van der Waals surface area contributed by atoms with Gasteiger partial charge in [-0.2, -0.15) is 5.10 Å². The van der Waals surface area contributed by atoms with Crippen LogP contribution >= 0.6 is 11.6 Å². The second kappa shape index (κ2) is 12.7. The van der Waals surface area contributed by atoms with Gasteiger partial charge in [-0.15, -0.1) is 0 Å². The standard InChI is InChI=1S/C28H44ClN3O4SSi/c1-7-38(8-2,9-3)36-28(4,5)20-32-17-16-26(31-32)30-27(33)23(18-21-12-10-11-13-21)22-14-15-25(24(29)19-22)37(6,34)35/h14-17,19,21,23H,7-13,18,20H2,1-6H3,(H,30,31,33)/t23-/m1/s1. The Kier molecular flexibility index (Phi) is 10.3. The zero-order valence-electron chi connectivity index (χ0n) is 23.7. The van der Waals surface area contributed by atoms with E-state index in [0.29, 0.717) is 24.7 Å². The van der Waals surface area contributed by atoms with Gasteiger partial charge in [0.1, 0.15) is 0 Å². The van der Waals surface area contributed by atoms with Crippen LogP contribution in [0.1, 0.15) is 78.2 Å². The largest absolute Gasteiger partial charge is 0.410 e. The molecule has 1 aromatic heterocycles. The fourth-order valence-corrected chi connectivity index (χ4v) is 10.2. The third-order valence-corrected chi connectivity index (χ3v) is 14.4. The van der Waals surface area contributed by atoms with Gasteiger partial charge in [0.05, 0.1) is 28.0 Å². The van der Waals surface area contributed by atoms with Crippen LogP contribution in [-0.4, -0.2) is 44.3 Å². The van der Waals surface area contributed by atoms with Gasteiger partial charge in [0, 0.05) is 18.5 Å². The van der Waals surface area contributed by atoms with E-state index in [9.17, 15) is 13.2 Å². The minimum atomic E-state index is -3.45. The van der Waals surface area contributed by atoms with Gasteiger partial charge in [0.2, 0.25) is 5.91 Å². The quantitative estimate of drug-likeness (QED) is 0.256. The summed E-state index contributed by atoms with van der Waals surface area (Å²) in [5.74, 6) is 0.343. The van der Waals surface area contributed by atoms with E-state index in [1.54, 1.807) is 12.1 Å². The number of carbonyl (C=O) groups is 1. The number of halogens is 1. The molecule has 1 aliphatic rings. The number of carbonyl (C=O) groups excluding carboxylic acids is 1. The molecule has 7 nitrogen and oxygen atoms in total. The van der Waals surface area contributed by atoms with Crippen LogP contribution in [0.5, 0.6) is 0 Å². The van der Waals surface area contributed by atoms with Crippen LogP contribution in [0.15, 0.2) is 35.4 Å². The number of sulfone groups is 1. The maximum Gasteiger partial charge on any atom is 0.233 e. The minimum Gasteiger partial charge on any atom is -0.410 e. The average Bonchev–Trinajstić information content (AvgIpc) is 3.52. The van der Waals surface area contributed by atoms with Crippen molar-refractivity contribution in [3.8, 4) is 0 Å². The van der Waals surface area contributed by atoms with E-state index >= 15 is 0 Å². The molecule has 1 N–H and O–H groups in total. The highest BCUT2D eigenvalue weighted by Crippen LogP contribution is 2.36. The molecule has 0 radical (unpaired) electrons. The van der Waals surface area contributed by atoms with Crippen molar-refractivity contribution in [3.05, 3.63) is 41.0 Å². The summed E-state index contributed by atoms with van der Waals surface area (Å²) in [5.41, 5.74) is 0.353. The average molecular weight is 582 g/mol. The Morgan fingerprint density at radius 2 is 1.82 bits per heavy atom. The van der Waals surface area contributed by atoms with Gasteiger partial charge in [0.25, 0.3) is 0 Å². The van der Waals surface area contributed by atoms with E-state index in [4.69, 9.17) is 16.0 Å². The Hall–Kier alpha value is -1.68. The van der Waals surface area contributed by atoms with Gasteiger partial charge in [-0.25, -0.2) is 8.42 Å². The summed E-state index contributed by atoms with van der Waals surface area (Å²) in [7, 11) is -5.23. The number of nitrogens with one attached hydrogen (secondary N) is 1. The highest BCUT2D eigenvalue weighted by molar-refractivity contribution is 7.90. The van der Waals surface area contributed by atoms with Gasteiger partial charge in [0.15, 0.2) is 24.0 Å². The maximum absolute atomic E-state index is 13.6. The second-order valence-electron chi connectivity index (χ2n) is 11.4. The molecule has 2 aromatic rings. The number of nitrogens with zero attached hydrogens (tertiary/aromatic N) is 2. The normalized spacial score (nSPS) is 16.1. The van der Waals surface area contributed by atoms with E-state index in [-0.39, 0.29) is 21.4 Å². The van der Waals surface area contributed by atoms with Gasteiger partial charge < -0.3 is 9.74 Å². The predicted octanol–water partition coefficient (Wildman–Crippen LogP) is 7.04. The second-order valence-corrected chi connectivity index (χ2v) is 18.5. The lowest BCUT2D eigenvalue weighted by Crippen LogP contribution is -2.46. The summed E-state index contributed by atoms with van der Waals surface area (Å²) in [6, 6.07) is 9.91. The van der Waals surface area contributed by atoms with Crippen LogP contribution in [0.4, 0.5) is 5.82 Å². The summed E-state index contributed by atoms with van der Waals surface area (Å²) in [4.78, 5) is 13.6. The molecule has 1 aromatic carbocycles. The Labute approximate surface area is 234 Å². The first-order valence-corrected chi connectivity index (χ1v) is 18.6. The molecule has 0 aliphatic heterocycles. The summed E-state index contributed by atoms with van der Waals surface area (Å²) in [6.45, 7) is 11.5. The molecule has 1 aliphatic carbocycles. The van der Waals surface area contributed by atoms with Crippen molar-refractivity contribution in [2.75, 3.05) is 11.6 Å². The first-order chi connectivity index (χ1) is 17.8. The molecule has 3 rings (SSSR count). The lowest BCUT2D eigenvalue weighted by Gasteiger charge is -2.38. The van der Waals surface area contributed by atoms with E-state index < -0.39 is 24.1 Å². The fourth-order valence-electron chi connectivity index (χ4n) is 5.71. The molecule has 0 bridgehead atoms. The Bertz CT molecular complexity index is 1200. The highest BCUT2D eigenvalue weighted by Gasteiger charge is 2.36. The minimum absolute atomic E-state index is 0.0767. The zero-order chi connectivity index (χ0) is 28.1. The Morgan fingerprint density at radius 3 is 2.37 bits per heavy atom. The monoisotopic (exact) mass is 581 g/mol. The van der Waals surface area contributed by atoms with E-state index in [2.05, 4.69) is 45.0 Å². The first kappa shape index (κ1) is 30.9. The summed E-state index contributed by atoms with van der Waals surface area (Å²) >= 11 is 6.35. The molecule has 10 heteroatoms. The molecule has 1 amide bonds. The van der Waals surface area contributed by atoms with Gasteiger partial charge >= 0.3 is 0 Å². The van der Waals surface area contributed by atoms with Crippen molar-refractivity contribution in [3.63, 3.8) is 0 Å². The number of anilines is 1. The van der Waals surface area contributed by atoms with Crippen LogP contribution in [0, 0.1) is 5.92 Å². The van der Waals surface area contributed by atoms with Crippen LogP contribution < -0.4 is 5.32 Å². The van der Waals surface area contributed by atoms with Crippen LogP contribution in [0.2, 0.25) is 23.2 Å². The summed E-state index contributed by atoms with van der Waals surface area (Å²) in [5, 5.41) is 7.78. The molecule has 212 valence electrons. The number of hydrogen-bond donors (Lipinski definition) is 1. The predicted molar refractivity (Wildman–Crippen MR) is 157 cm³/mol. The van der Waals surface area contributed by atoms with Gasteiger partial charge in [-0.1, -0.05) is 64.1 Å². The van der Waals surface area contributed by atoms with Crippen LogP contribution in [0.3, 0.4) is 0 Å². The van der Waals surface area contributed by atoms with Crippen molar-refractivity contribution in [1.82, 2.24) is 9.78 Å². The highest BCUT2D eigenvalue weighted by atomic mass is 35.5. The number of benzene rings is 1. The molecule has 0 saturated heterocycles. The maximum atomic E-state index is 13.6. The van der Waals surface area contributed by atoms with E-state index in [0.717, 1.165) is 42.8 Å². The third kappa shape index (κ3) is 7.93. The van der Waals surface area contributed by atoms with Crippen LogP contribution in [0.25, 0.3) is 0 Å². The number of hydrogen-bond acceptors (Lipinski definition) is 5. The van der Waals surface area contributed by atoms with E-state index in [1.165, 1.54) is 18.9 Å². The fraction of sp³-hybridized carbons (Fsp3) is 0.643. The van der Waals surface area contributed by atoms with Crippen molar-refractivity contribution in [2.24, 2.45) is 5.92 Å². The van der Waals surface area contributed by atoms with E-state index in [1.807, 2.05) is 16.9 Å². The smallest absolute Gasteiger partial charge is 0.233 e. The molecule has 38 heavy (non-hydrogen) atoms. The topological polar surface area (TPSA) is 90.3 Å². The molecule has 1 fully saturated rings. The zero-order valence-corrected chi connectivity index (χ0v) is 26.3. The van der Waals surface area contributed by atoms with Crippen molar-refractivity contribution in [2.45, 2.75) is 108 Å². The first-order valence-electron chi connectivity index (χ1n) is 13.9. The molecule has 1 heterocycles. The third-order valence-electron chi connectivity index (χ3n) is 7.98. The molecular weight excluding hydrogens is 538 g/mol. The lowest BCUT2D eigenvalue weighted by atomic mass is 9.87. The summed E-state index contributed by atoms with van der Waals surface area (Å²) in [6.07, 6.45) is 8.24. The van der Waals surface area contributed by atoms with Crippen molar-refractivity contribution < 1.29 is 17.6 Å². The van der Waals surface area contributed by atoms with Crippen LogP contribution in [-0.2, 0) is 25.6 Å². The Morgan fingerprint density at radius 1 is 1.18 bits per heavy atom. The lowest BCUT2D eigenvalue weighted by molar-refractivity contribution is -0.118. The number of aromatic nitrogens is 2. The molecule has 0 unspecified atom stereocenters. The van der Waals surface area contributed by atoms with Crippen molar-refractivity contribution >= 4 is 41.5 Å². The molecular formula is C28H44ClN3O4SSi. The summed E-state index contributed by atoms with van der Waals surface area (Å²) < 4.78 is 32.6. The van der Waals surface area contributed by atoms with Crippen molar-refractivity contribution in [1.29, 1.82) is 0 Å². The molecule has 0 spiro atoms. The van der Waals surface area contributed by atoms with Gasteiger partial charge in [-0.05, 0) is 62.0 Å². The SMILES string of the molecule is CC[Si](CC)(CC)OC(C)(C)Cn1ccc(NC(=O)[C@H](CC2CCCC2)c2ccc(S(C)(=O)=O)c(Cl)c2)n1. The molecule has 1 saturated carbocycles.